The van der Waals surface area contributed by atoms with Crippen LogP contribution < -0.4 is 19.5 Å². The fourth-order valence-electron chi connectivity index (χ4n) is 3.98. The standard InChI is InChI=1S/C23H28N2O4/c1-27-19-8-4-17(5-9-19)6-11-23(26)24-15-20(25-12-2-3-13-25)18-7-10-21-22(14-18)29-16-28-21/h4-5,7-10,14,20H,2-3,6,11-13,15-16H2,1H3,(H,24,26). The maximum atomic E-state index is 12.5. The molecule has 2 aliphatic heterocycles. The molecular weight excluding hydrogens is 368 g/mol. The SMILES string of the molecule is COc1ccc(CCC(=O)NCC(c2ccc3c(c2)OCO3)N2CCCC2)cc1. The van der Waals surface area contributed by atoms with Gasteiger partial charge in [-0.3, -0.25) is 9.69 Å². The maximum Gasteiger partial charge on any atom is 0.231 e. The Morgan fingerprint density at radius 2 is 1.86 bits per heavy atom. The highest BCUT2D eigenvalue weighted by atomic mass is 16.7. The highest BCUT2D eigenvalue weighted by Crippen LogP contribution is 2.36. The largest absolute Gasteiger partial charge is 0.497 e. The van der Waals surface area contributed by atoms with Crippen LogP contribution in [0.5, 0.6) is 17.2 Å². The molecule has 0 spiro atoms. The third-order valence-electron chi connectivity index (χ3n) is 5.66. The van der Waals surface area contributed by atoms with Crippen molar-refractivity contribution in [3.8, 4) is 17.2 Å². The highest BCUT2D eigenvalue weighted by Gasteiger charge is 2.26. The van der Waals surface area contributed by atoms with Gasteiger partial charge in [0.15, 0.2) is 11.5 Å². The van der Waals surface area contributed by atoms with Gasteiger partial charge in [-0.25, -0.2) is 0 Å². The predicted molar refractivity (Wildman–Crippen MR) is 110 cm³/mol. The normalized spacial score (nSPS) is 16.6. The average molecular weight is 396 g/mol. The van der Waals surface area contributed by atoms with E-state index in [1.165, 1.54) is 12.8 Å². The summed E-state index contributed by atoms with van der Waals surface area (Å²) in [6, 6.07) is 14.1. The number of amides is 1. The molecule has 0 aliphatic carbocycles. The van der Waals surface area contributed by atoms with Crippen molar-refractivity contribution in [1.29, 1.82) is 0 Å². The van der Waals surface area contributed by atoms with E-state index >= 15 is 0 Å². The fraction of sp³-hybridized carbons (Fsp3) is 0.435. The van der Waals surface area contributed by atoms with E-state index < -0.39 is 0 Å². The second-order valence-corrected chi connectivity index (χ2v) is 7.52. The van der Waals surface area contributed by atoms with E-state index in [1.807, 2.05) is 30.3 Å². The number of nitrogens with zero attached hydrogens (tertiary/aromatic N) is 1. The van der Waals surface area contributed by atoms with Gasteiger partial charge in [0, 0.05) is 13.0 Å². The van der Waals surface area contributed by atoms with E-state index in [1.54, 1.807) is 7.11 Å². The van der Waals surface area contributed by atoms with Crippen LogP contribution in [0, 0.1) is 0 Å². The van der Waals surface area contributed by atoms with Crippen molar-refractivity contribution in [2.45, 2.75) is 31.7 Å². The van der Waals surface area contributed by atoms with Crippen molar-refractivity contribution in [2.24, 2.45) is 0 Å². The van der Waals surface area contributed by atoms with Crippen LogP contribution in [0.4, 0.5) is 0 Å². The smallest absolute Gasteiger partial charge is 0.231 e. The van der Waals surface area contributed by atoms with Gasteiger partial charge in [-0.1, -0.05) is 18.2 Å². The van der Waals surface area contributed by atoms with Gasteiger partial charge < -0.3 is 19.5 Å². The molecule has 2 aliphatic rings. The summed E-state index contributed by atoms with van der Waals surface area (Å²) in [4.78, 5) is 14.9. The molecule has 2 aromatic carbocycles. The second-order valence-electron chi connectivity index (χ2n) is 7.52. The Morgan fingerprint density at radius 1 is 1.10 bits per heavy atom. The number of likely N-dealkylation sites (tertiary alicyclic amines) is 1. The van der Waals surface area contributed by atoms with Crippen LogP contribution in [0.25, 0.3) is 0 Å². The van der Waals surface area contributed by atoms with Crippen molar-refractivity contribution in [3.63, 3.8) is 0 Å². The maximum absolute atomic E-state index is 12.5. The lowest BCUT2D eigenvalue weighted by Crippen LogP contribution is -2.36. The molecule has 154 valence electrons. The van der Waals surface area contributed by atoms with Crippen LogP contribution in [-0.2, 0) is 11.2 Å². The zero-order valence-corrected chi connectivity index (χ0v) is 16.9. The molecule has 29 heavy (non-hydrogen) atoms. The number of methoxy groups -OCH3 is 1. The van der Waals surface area contributed by atoms with Crippen molar-refractivity contribution >= 4 is 5.91 Å². The monoisotopic (exact) mass is 396 g/mol. The topological polar surface area (TPSA) is 60.0 Å². The summed E-state index contributed by atoms with van der Waals surface area (Å²) >= 11 is 0. The number of hydrogen-bond acceptors (Lipinski definition) is 5. The van der Waals surface area contributed by atoms with E-state index in [2.05, 4.69) is 22.3 Å². The summed E-state index contributed by atoms with van der Waals surface area (Å²) in [5.74, 6) is 2.48. The number of benzene rings is 2. The molecule has 1 amide bonds. The minimum Gasteiger partial charge on any atom is -0.497 e. The molecule has 0 bridgehead atoms. The van der Waals surface area contributed by atoms with E-state index in [-0.39, 0.29) is 18.7 Å². The van der Waals surface area contributed by atoms with Gasteiger partial charge in [0.05, 0.1) is 13.2 Å². The summed E-state index contributed by atoms with van der Waals surface area (Å²) in [5, 5.41) is 3.14. The first kappa shape index (κ1) is 19.6. The Hall–Kier alpha value is -2.73. The molecule has 1 atom stereocenters. The predicted octanol–water partition coefficient (Wildman–Crippen LogP) is 3.31. The lowest BCUT2D eigenvalue weighted by Gasteiger charge is -2.28. The van der Waals surface area contributed by atoms with Crippen LogP contribution in [0.3, 0.4) is 0 Å². The Bertz CT molecular complexity index is 831. The number of nitrogens with one attached hydrogen (secondary N) is 1. The van der Waals surface area contributed by atoms with Gasteiger partial charge in [-0.15, -0.1) is 0 Å². The number of fused-ring (bicyclic) bond motifs is 1. The Morgan fingerprint density at radius 3 is 2.62 bits per heavy atom. The molecule has 1 fully saturated rings. The van der Waals surface area contributed by atoms with Gasteiger partial charge in [0.2, 0.25) is 12.7 Å². The van der Waals surface area contributed by atoms with Crippen molar-refractivity contribution < 1.29 is 19.0 Å². The zero-order chi connectivity index (χ0) is 20.1. The van der Waals surface area contributed by atoms with E-state index in [0.717, 1.165) is 41.5 Å². The first-order chi connectivity index (χ1) is 14.2. The summed E-state index contributed by atoms with van der Waals surface area (Å²) in [5.41, 5.74) is 2.29. The summed E-state index contributed by atoms with van der Waals surface area (Å²) in [6.07, 6.45) is 3.59. The molecule has 1 N–H and O–H groups in total. The van der Waals surface area contributed by atoms with Crippen LogP contribution in [0.1, 0.15) is 36.4 Å². The van der Waals surface area contributed by atoms with Gasteiger partial charge in [-0.05, 0) is 67.7 Å². The van der Waals surface area contributed by atoms with Crippen LogP contribution in [0.15, 0.2) is 42.5 Å². The molecule has 0 saturated carbocycles. The number of aryl methyl sites for hydroxylation is 1. The molecule has 1 saturated heterocycles. The van der Waals surface area contributed by atoms with Crippen molar-refractivity contribution in [3.05, 3.63) is 53.6 Å². The highest BCUT2D eigenvalue weighted by molar-refractivity contribution is 5.76. The quantitative estimate of drug-likeness (QED) is 0.742. The molecule has 4 rings (SSSR count). The van der Waals surface area contributed by atoms with Gasteiger partial charge in [0.1, 0.15) is 5.75 Å². The number of carbonyl (C=O) groups is 1. The Balaban J connectivity index is 1.35. The average Bonchev–Trinajstić information content (AvgIpc) is 3.44. The molecule has 0 radical (unpaired) electrons. The van der Waals surface area contributed by atoms with Crippen LogP contribution >= 0.6 is 0 Å². The first-order valence-electron chi connectivity index (χ1n) is 10.3. The van der Waals surface area contributed by atoms with Crippen LogP contribution in [-0.4, -0.2) is 44.3 Å². The third kappa shape index (κ3) is 4.82. The van der Waals surface area contributed by atoms with E-state index in [4.69, 9.17) is 14.2 Å². The molecule has 1 unspecified atom stereocenters. The second kappa shape index (κ2) is 9.18. The zero-order valence-electron chi connectivity index (χ0n) is 16.9. The lowest BCUT2D eigenvalue weighted by molar-refractivity contribution is -0.121. The van der Waals surface area contributed by atoms with Gasteiger partial charge in [0.25, 0.3) is 0 Å². The molecule has 0 aromatic heterocycles. The van der Waals surface area contributed by atoms with E-state index in [9.17, 15) is 4.79 Å². The Labute approximate surface area is 171 Å². The number of ether oxygens (including phenoxy) is 3. The van der Waals surface area contributed by atoms with Gasteiger partial charge >= 0.3 is 0 Å². The minimum atomic E-state index is 0.0748. The lowest BCUT2D eigenvalue weighted by atomic mass is 10.0. The molecule has 2 aromatic rings. The summed E-state index contributed by atoms with van der Waals surface area (Å²) in [7, 11) is 1.65. The molecule has 6 heteroatoms. The van der Waals surface area contributed by atoms with Crippen molar-refractivity contribution in [1.82, 2.24) is 10.2 Å². The third-order valence-corrected chi connectivity index (χ3v) is 5.66. The molecule has 6 nitrogen and oxygen atoms in total. The summed E-state index contributed by atoms with van der Waals surface area (Å²) < 4.78 is 16.2. The van der Waals surface area contributed by atoms with E-state index in [0.29, 0.717) is 19.4 Å². The van der Waals surface area contributed by atoms with Gasteiger partial charge in [-0.2, -0.15) is 0 Å². The summed E-state index contributed by atoms with van der Waals surface area (Å²) in [6.45, 7) is 2.98. The van der Waals surface area contributed by atoms with Crippen LogP contribution in [0.2, 0.25) is 0 Å². The fourth-order valence-corrected chi connectivity index (χ4v) is 3.98. The number of carbonyl (C=O) groups excluding carboxylic acids is 1. The van der Waals surface area contributed by atoms with Crippen molar-refractivity contribution in [2.75, 3.05) is 33.5 Å². The Kier molecular flexibility index (Phi) is 6.20. The number of rotatable bonds is 8. The minimum absolute atomic E-state index is 0.0748. The molecular formula is C23H28N2O4. The first-order valence-corrected chi connectivity index (χ1v) is 10.3. The molecule has 2 heterocycles. The number of hydrogen-bond donors (Lipinski definition) is 1.